The number of methoxy groups -OCH3 is 1. The van der Waals surface area contributed by atoms with E-state index in [9.17, 15) is 9.90 Å². The molecule has 0 amide bonds. The van der Waals surface area contributed by atoms with Crippen LogP contribution in [0.1, 0.15) is 6.92 Å². The average molecular weight is 269 g/mol. The molecule has 0 aliphatic heterocycles. The minimum Gasteiger partial charge on any atom is -0.508 e. The first-order valence-electron chi connectivity index (χ1n) is 6.01. The highest BCUT2D eigenvalue weighted by atomic mass is 16.6. The molecule has 6 heteroatoms. The third kappa shape index (κ3) is 5.48. The molecule has 6 nitrogen and oxygen atoms in total. The summed E-state index contributed by atoms with van der Waals surface area (Å²) in [6, 6.07) is 4.62. The molecule has 0 atom stereocenters. The number of hydrogen-bond acceptors (Lipinski definition) is 6. The van der Waals surface area contributed by atoms with Crippen LogP contribution in [0.3, 0.4) is 0 Å². The fourth-order valence-corrected chi connectivity index (χ4v) is 1.39. The maximum absolute atomic E-state index is 11.4. The molecule has 0 saturated carbocycles. The minimum absolute atomic E-state index is 0.131. The number of hydrogen-bond donors (Lipinski definition) is 2. The van der Waals surface area contributed by atoms with Gasteiger partial charge in [0, 0.05) is 19.7 Å². The lowest BCUT2D eigenvalue weighted by atomic mass is 10.2. The van der Waals surface area contributed by atoms with Crippen molar-refractivity contribution >= 4 is 11.7 Å². The first-order valence-corrected chi connectivity index (χ1v) is 6.01. The maximum Gasteiger partial charge on any atom is 0.344 e. The minimum atomic E-state index is -0.465. The number of phenols is 1. The van der Waals surface area contributed by atoms with Crippen molar-refractivity contribution in [3.05, 3.63) is 18.2 Å². The fourth-order valence-electron chi connectivity index (χ4n) is 1.39. The highest BCUT2D eigenvalue weighted by Crippen LogP contribution is 2.28. The summed E-state index contributed by atoms with van der Waals surface area (Å²) in [5, 5.41) is 12.4. The molecule has 0 spiro atoms. The number of esters is 1. The van der Waals surface area contributed by atoms with Gasteiger partial charge in [0.05, 0.1) is 12.3 Å². The van der Waals surface area contributed by atoms with E-state index in [4.69, 9.17) is 14.2 Å². The summed E-state index contributed by atoms with van der Waals surface area (Å²) in [6.07, 6.45) is 0. The smallest absolute Gasteiger partial charge is 0.344 e. The summed E-state index contributed by atoms with van der Waals surface area (Å²) in [6.45, 7) is 2.97. The number of phenolic OH excluding ortho intramolecular Hbond substituents is 1. The van der Waals surface area contributed by atoms with Crippen LogP contribution in [-0.2, 0) is 14.3 Å². The second-order valence-electron chi connectivity index (χ2n) is 3.71. The van der Waals surface area contributed by atoms with Gasteiger partial charge in [0.15, 0.2) is 6.61 Å². The van der Waals surface area contributed by atoms with E-state index in [1.165, 1.54) is 19.2 Å². The Kier molecular flexibility index (Phi) is 6.52. The zero-order chi connectivity index (χ0) is 14.1. The van der Waals surface area contributed by atoms with E-state index in [0.717, 1.165) is 0 Å². The summed E-state index contributed by atoms with van der Waals surface area (Å²) in [5.74, 6) is 0.155. The van der Waals surface area contributed by atoms with Gasteiger partial charge in [-0.05, 0) is 19.1 Å². The van der Waals surface area contributed by atoms with Crippen LogP contribution in [0.2, 0.25) is 0 Å². The van der Waals surface area contributed by atoms with Crippen LogP contribution in [0, 0.1) is 0 Å². The Hall–Kier alpha value is -1.95. The highest BCUT2D eigenvalue weighted by molar-refractivity contribution is 5.71. The van der Waals surface area contributed by atoms with Gasteiger partial charge in [0.1, 0.15) is 18.1 Å². The summed E-state index contributed by atoms with van der Waals surface area (Å²) in [5.41, 5.74) is 0.632. The van der Waals surface area contributed by atoms with Crippen molar-refractivity contribution in [2.45, 2.75) is 6.92 Å². The zero-order valence-electron chi connectivity index (χ0n) is 11.1. The quantitative estimate of drug-likeness (QED) is 0.548. The normalized spacial score (nSPS) is 10.0. The first kappa shape index (κ1) is 15.1. The monoisotopic (exact) mass is 269 g/mol. The van der Waals surface area contributed by atoms with Crippen molar-refractivity contribution in [1.82, 2.24) is 0 Å². The van der Waals surface area contributed by atoms with Gasteiger partial charge in [-0.3, -0.25) is 0 Å². The van der Waals surface area contributed by atoms with Gasteiger partial charge in [-0.25, -0.2) is 4.79 Å². The molecule has 0 aliphatic rings. The third-order valence-electron chi connectivity index (χ3n) is 2.23. The molecular weight excluding hydrogens is 250 g/mol. The van der Waals surface area contributed by atoms with E-state index in [0.29, 0.717) is 24.6 Å². The number of carbonyl (C=O) groups excluding carboxylic acids is 1. The number of rotatable bonds is 8. The molecule has 0 aromatic heterocycles. The molecule has 1 rings (SSSR count). The highest BCUT2D eigenvalue weighted by Gasteiger charge is 2.08. The second-order valence-corrected chi connectivity index (χ2v) is 3.71. The molecule has 0 heterocycles. The molecular formula is C13H19NO5. The van der Waals surface area contributed by atoms with Gasteiger partial charge in [-0.1, -0.05) is 0 Å². The molecule has 106 valence electrons. The van der Waals surface area contributed by atoms with Crippen molar-refractivity contribution in [1.29, 1.82) is 0 Å². The molecule has 19 heavy (non-hydrogen) atoms. The van der Waals surface area contributed by atoms with Gasteiger partial charge in [0.2, 0.25) is 0 Å². The Morgan fingerprint density at radius 1 is 1.37 bits per heavy atom. The predicted octanol–water partition coefficient (Wildman–Crippen LogP) is 1.39. The molecule has 1 aromatic rings. The van der Waals surface area contributed by atoms with Crippen molar-refractivity contribution in [2.24, 2.45) is 0 Å². The van der Waals surface area contributed by atoms with Crippen LogP contribution in [-0.4, -0.2) is 44.6 Å². The van der Waals surface area contributed by atoms with Gasteiger partial charge in [-0.2, -0.15) is 0 Å². The summed E-state index contributed by atoms with van der Waals surface area (Å²) < 4.78 is 15.0. The van der Waals surface area contributed by atoms with Crippen LogP contribution >= 0.6 is 0 Å². The molecule has 0 radical (unpaired) electrons. The Labute approximate surface area is 112 Å². The molecule has 0 bridgehead atoms. The van der Waals surface area contributed by atoms with Gasteiger partial charge < -0.3 is 24.6 Å². The Morgan fingerprint density at radius 2 is 2.16 bits per heavy atom. The van der Waals surface area contributed by atoms with Crippen LogP contribution in [0.4, 0.5) is 5.69 Å². The topological polar surface area (TPSA) is 77.0 Å². The van der Waals surface area contributed by atoms with Crippen LogP contribution in [0.15, 0.2) is 18.2 Å². The SMILES string of the molecule is CCNc1cc(O)ccc1OCC(=O)OCCOC. The van der Waals surface area contributed by atoms with E-state index < -0.39 is 5.97 Å². The lowest BCUT2D eigenvalue weighted by Gasteiger charge is -2.12. The van der Waals surface area contributed by atoms with Crippen molar-refractivity contribution < 1.29 is 24.1 Å². The Balaban J connectivity index is 2.50. The number of aromatic hydroxyl groups is 1. The number of nitrogens with one attached hydrogen (secondary N) is 1. The summed E-state index contributed by atoms with van der Waals surface area (Å²) in [4.78, 5) is 11.4. The molecule has 0 aliphatic carbocycles. The predicted molar refractivity (Wildman–Crippen MR) is 70.6 cm³/mol. The van der Waals surface area contributed by atoms with Crippen LogP contribution in [0.25, 0.3) is 0 Å². The van der Waals surface area contributed by atoms with Crippen molar-refractivity contribution in [2.75, 3.05) is 38.8 Å². The van der Waals surface area contributed by atoms with Crippen molar-refractivity contribution in [3.63, 3.8) is 0 Å². The number of ether oxygens (including phenoxy) is 3. The van der Waals surface area contributed by atoms with E-state index in [-0.39, 0.29) is 19.0 Å². The maximum atomic E-state index is 11.4. The van der Waals surface area contributed by atoms with Crippen molar-refractivity contribution in [3.8, 4) is 11.5 Å². The van der Waals surface area contributed by atoms with E-state index in [1.807, 2.05) is 6.92 Å². The lowest BCUT2D eigenvalue weighted by Crippen LogP contribution is -2.17. The second kappa shape index (κ2) is 8.20. The molecule has 2 N–H and O–H groups in total. The molecule has 1 aromatic carbocycles. The first-order chi connectivity index (χ1) is 9.17. The number of carbonyl (C=O) groups is 1. The zero-order valence-corrected chi connectivity index (χ0v) is 11.1. The Morgan fingerprint density at radius 3 is 2.84 bits per heavy atom. The molecule has 0 saturated heterocycles. The van der Waals surface area contributed by atoms with E-state index in [2.05, 4.69) is 5.32 Å². The number of anilines is 1. The van der Waals surface area contributed by atoms with E-state index in [1.54, 1.807) is 6.07 Å². The summed E-state index contributed by atoms with van der Waals surface area (Å²) in [7, 11) is 1.53. The lowest BCUT2D eigenvalue weighted by molar-refractivity contribution is -0.147. The Bertz CT molecular complexity index is 408. The average Bonchev–Trinajstić information content (AvgIpc) is 2.38. The summed E-state index contributed by atoms with van der Waals surface area (Å²) >= 11 is 0. The largest absolute Gasteiger partial charge is 0.508 e. The molecule has 0 unspecified atom stereocenters. The van der Waals surface area contributed by atoms with Gasteiger partial charge in [-0.15, -0.1) is 0 Å². The van der Waals surface area contributed by atoms with Gasteiger partial charge >= 0.3 is 5.97 Å². The number of benzene rings is 1. The van der Waals surface area contributed by atoms with E-state index >= 15 is 0 Å². The fraction of sp³-hybridized carbons (Fsp3) is 0.462. The third-order valence-corrected chi connectivity index (χ3v) is 2.23. The molecule has 0 fully saturated rings. The van der Waals surface area contributed by atoms with Crippen LogP contribution < -0.4 is 10.1 Å². The van der Waals surface area contributed by atoms with Crippen LogP contribution in [0.5, 0.6) is 11.5 Å². The standard InChI is InChI=1S/C13H19NO5/c1-3-14-11-8-10(15)4-5-12(11)19-9-13(16)18-7-6-17-2/h4-5,8,14-15H,3,6-7,9H2,1-2H3. The van der Waals surface area contributed by atoms with Gasteiger partial charge in [0.25, 0.3) is 0 Å².